The number of nitrogens with one attached hydrogen (secondary N) is 1. The third kappa shape index (κ3) is 3.53. The molecule has 0 aliphatic rings. The summed E-state index contributed by atoms with van der Waals surface area (Å²) in [6, 6.07) is 11.1. The molecule has 2 N–H and O–H groups in total. The first-order chi connectivity index (χ1) is 10.5. The Balaban J connectivity index is 1.65. The van der Waals surface area contributed by atoms with Gasteiger partial charge in [-0.1, -0.05) is 23.4 Å². The molecule has 6 nitrogen and oxygen atoms in total. The molecule has 0 bridgehead atoms. The summed E-state index contributed by atoms with van der Waals surface area (Å²) in [5, 5.41) is 14.8. The largest absolute Gasteiger partial charge is 0.386 e. The summed E-state index contributed by atoms with van der Waals surface area (Å²) in [6.07, 6.45) is 0.432. The number of aliphatic hydroxyl groups excluding tert-OH is 1. The van der Waals surface area contributed by atoms with Gasteiger partial charge in [0.05, 0.1) is 5.69 Å². The molecule has 0 saturated heterocycles. The summed E-state index contributed by atoms with van der Waals surface area (Å²) in [4.78, 5) is 0.727. The first-order valence-corrected chi connectivity index (χ1v) is 9.03. The van der Waals surface area contributed by atoms with E-state index >= 15 is 0 Å². The van der Waals surface area contributed by atoms with Crippen LogP contribution in [0, 0.1) is 0 Å². The van der Waals surface area contributed by atoms with Crippen LogP contribution in [0.1, 0.15) is 16.7 Å². The van der Waals surface area contributed by atoms with Crippen molar-refractivity contribution >= 4 is 31.4 Å². The summed E-state index contributed by atoms with van der Waals surface area (Å²) in [5.74, 6) is -0.275. The Morgan fingerprint density at radius 1 is 1.32 bits per heavy atom. The number of fused-ring (bicyclic) bond motifs is 1. The first-order valence-electron chi connectivity index (χ1n) is 6.57. The lowest BCUT2D eigenvalue weighted by Crippen LogP contribution is -2.29. The smallest absolute Gasteiger partial charge is 0.217 e. The van der Waals surface area contributed by atoms with Crippen molar-refractivity contribution in [1.82, 2.24) is 9.88 Å². The Labute approximate surface area is 131 Å². The minimum Gasteiger partial charge on any atom is -0.386 e. The molecule has 0 spiro atoms. The van der Waals surface area contributed by atoms with Crippen LogP contribution in [0.4, 0.5) is 0 Å². The molecule has 0 aliphatic carbocycles. The van der Waals surface area contributed by atoms with E-state index in [0.717, 1.165) is 15.0 Å². The lowest BCUT2D eigenvalue weighted by molar-refractivity contribution is 0.186. The molecular weight excluding hydrogens is 324 g/mol. The zero-order valence-electron chi connectivity index (χ0n) is 11.5. The molecule has 3 aromatic rings. The van der Waals surface area contributed by atoms with Gasteiger partial charge in [0.1, 0.15) is 18.1 Å². The van der Waals surface area contributed by atoms with Crippen LogP contribution in [0.15, 0.2) is 47.2 Å². The minimum atomic E-state index is -3.57. The van der Waals surface area contributed by atoms with Crippen molar-refractivity contribution in [1.29, 1.82) is 0 Å². The Hall–Kier alpha value is -1.74. The molecule has 2 heterocycles. The maximum absolute atomic E-state index is 11.9. The number of aromatic nitrogens is 1. The molecule has 0 aliphatic heterocycles. The highest BCUT2D eigenvalue weighted by Crippen LogP contribution is 2.29. The molecule has 3 rings (SSSR count). The third-order valence-electron chi connectivity index (χ3n) is 3.10. The van der Waals surface area contributed by atoms with Crippen LogP contribution in [0.25, 0.3) is 10.1 Å². The van der Waals surface area contributed by atoms with Crippen LogP contribution >= 0.6 is 11.3 Å². The van der Waals surface area contributed by atoms with Gasteiger partial charge in [0.25, 0.3) is 0 Å². The van der Waals surface area contributed by atoms with Crippen LogP contribution in [0.2, 0.25) is 0 Å². The fourth-order valence-electron chi connectivity index (χ4n) is 2.03. The summed E-state index contributed by atoms with van der Waals surface area (Å²) >= 11 is 1.45. The fourth-order valence-corrected chi connectivity index (χ4v) is 4.13. The predicted molar refractivity (Wildman–Crippen MR) is 83.9 cm³/mol. The molecule has 0 unspecified atom stereocenters. The van der Waals surface area contributed by atoms with Crippen molar-refractivity contribution < 1.29 is 18.0 Å². The van der Waals surface area contributed by atoms with Crippen LogP contribution < -0.4 is 4.72 Å². The van der Waals surface area contributed by atoms with E-state index in [9.17, 15) is 13.5 Å². The monoisotopic (exact) mass is 338 g/mol. The summed E-state index contributed by atoms with van der Waals surface area (Å²) < 4.78 is 31.9. The van der Waals surface area contributed by atoms with Crippen molar-refractivity contribution in [3.63, 3.8) is 0 Å². The Kier molecular flexibility index (Phi) is 4.25. The third-order valence-corrected chi connectivity index (χ3v) is 5.60. The van der Waals surface area contributed by atoms with Crippen molar-refractivity contribution in [2.24, 2.45) is 0 Å². The first kappa shape index (κ1) is 15.2. The number of rotatable bonds is 6. The number of hydrogen-bond donors (Lipinski definition) is 2. The summed E-state index contributed by atoms with van der Waals surface area (Å²) in [5.41, 5.74) is 0.323. The molecule has 22 heavy (non-hydrogen) atoms. The normalized spacial score (nSPS) is 13.5. The molecule has 8 heteroatoms. The average molecular weight is 338 g/mol. The number of sulfonamides is 1. The summed E-state index contributed by atoms with van der Waals surface area (Å²) in [6.45, 7) is -0.0764. The summed E-state index contributed by atoms with van der Waals surface area (Å²) in [7, 11) is -3.57. The van der Waals surface area contributed by atoms with Crippen LogP contribution in [-0.2, 0) is 15.8 Å². The van der Waals surface area contributed by atoms with Gasteiger partial charge in [0.15, 0.2) is 0 Å². The zero-order chi connectivity index (χ0) is 15.6. The molecule has 1 atom stereocenters. The quantitative estimate of drug-likeness (QED) is 0.717. The van der Waals surface area contributed by atoms with Gasteiger partial charge in [-0.15, -0.1) is 11.3 Å². The minimum absolute atomic E-state index is 0.0764. The van der Waals surface area contributed by atoms with Gasteiger partial charge in [-0.05, 0) is 17.5 Å². The second-order valence-electron chi connectivity index (χ2n) is 4.80. The molecule has 1 aromatic carbocycles. The Morgan fingerprint density at radius 3 is 2.86 bits per heavy atom. The maximum atomic E-state index is 11.9. The molecular formula is C14H14N2O4S2. The van der Waals surface area contributed by atoms with Gasteiger partial charge >= 0.3 is 0 Å². The van der Waals surface area contributed by atoms with Crippen LogP contribution in [-0.4, -0.2) is 25.2 Å². The van der Waals surface area contributed by atoms with Crippen molar-refractivity contribution in [3.8, 4) is 0 Å². The molecule has 0 radical (unpaired) electrons. The van der Waals surface area contributed by atoms with E-state index in [0.29, 0.717) is 5.69 Å². The number of aliphatic hydroxyl groups is 1. The lowest BCUT2D eigenvalue weighted by Gasteiger charge is -2.10. The van der Waals surface area contributed by atoms with Gasteiger partial charge in [0.2, 0.25) is 10.0 Å². The number of hydrogen-bond acceptors (Lipinski definition) is 6. The van der Waals surface area contributed by atoms with E-state index in [1.165, 1.54) is 23.7 Å². The lowest BCUT2D eigenvalue weighted by atomic mass is 10.2. The van der Waals surface area contributed by atoms with Crippen molar-refractivity contribution in [2.75, 3.05) is 6.54 Å². The van der Waals surface area contributed by atoms with E-state index in [2.05, 4.69) is 14.4 Å². The second-order valence-corrected chi connectivity index (χ2v) is 7.72. The van der Waals surface area contributed by atoms with Gasteiger partial charge in [-0.25, -0.2) is 13.1 Å². The van der Waals surface area contributed by atoms with E-state index in [1.807, 2.05) is 30.3 Å². The van der Waals surface area contributed by atoms with Crippen molar-refractivity contribution in [3.05, 3.63) is 53.2 Å². The molecule has 2 aromatic heterocycles. The molecule has 116 valence electrons. The molecule has 0 amide bonds. The predicted octanol–water partition coefficient (Wildman–Crippen LogP) is 2.04. The van der Waals surface area contributed by atoms with Gasteiger partial charge < -0.3 is 9.63 Å². The average Bonchev–Trinajstić information content (AvgIpc) is 3.13. The number of thiophene rings is 1. The van der Waals surface area contributed by atoms with Gasteiger partial charge in [-0.2, -0.15) is 0 Å². The molecule has 0 fully saturated rings. The van der Waals surface area contributed by atoms with E-state index in [4.69, 9.17) is 0 Å². The Morgan fingerprint density at radius 2 is 2.14 bits per heavy atom. The van der Waals surface area contributed by atoms with E-state index in [-0.39, 0.29) is 12.3 Å². The molecule has 0 saturated carbocycles. The highest BCUT2D eigenvalue weighted by Gasteiger charge is 2.17. The van der Waals surface area contributed by atoms with E-state index in [1.54, 1.807) is 0 Å². The van der Waals surface area contributed by atoms with E-state index < -0.39 is 16.1 Å². The topological polar surface area (TPSA) is 92.4 Å². The highest BCUT2D eigenvalue weighted by molar-refractivity contribution is 7.88. The van der Waals surface area contributed by atoms with Gasteiger partial charge in [0, 0.05) is 22.2 Å². The fraction of sp³-hybridized carbons (Fsp3) is 0.214. The van der Waals surface area contributed by atoms with Crippen molar-refractivity contribution in [2.45, 2.75) is 11.9 Å². The van der Waals surface area contributed by atoms with Crippen LogP contribution in [0.3, 0.4) is 0 Å². The SMILES string of the molecule is O=S(=O)(Cc1ccon1)NC[C@@H](O)c1cc2ccccc2s1. The van der Waals surface area contributed by atoms with Gasteiger partial charge in [-0.3, -0.25) is 0 Å². The number of nitrogens with zero attached hydrogens (tertiary/aromatic N) is 1. The zero-order valence-corrected chi connectivity index (χ0v) is 13.1. The highest BCUT2D eigenvalue weighted by atomic mass is 32.2. The standard InChI is InChI=1S/C14H14N2O4S2/c17-12(14-7-10-3-1-2-4-13(10)21-14)8-15-22(18,19)9-11-5-6-20-16-11/h1-7,12,15,17H,8-9H2/t12-/m1/s1. The maximum Gasteiger partial charge on any atom is 0.217 e. The Bertz CT molecular complexity index is 823. The number of benzene rings is 1. The second kappa shape index (κ2) is 6.17. The van der Waals surface area contributed by atoms with Crippen LogP contribution in [0.5, 0.6) is 0 Å².